The van der Waals surface area contributed by atoms with Crippen molar-refractivity contribution in [2.75, 3.05) is 18.5 Å². The fourth-order valence-electron chi connectivity index (χ4n) is 1.46. The predicted octanol–water partition coefficient (Wildman–Crippen LogP) is 1.50. The van der Waals surface area contributed by atoms with Crippen molar-refractivity contribution in [3.63, 3.8) is 0 Å². The molecule has 2 heterocycles. The number of amides is 2. The van der Waals surface area contributed by atoms with E-state index in [1.165, 1.54) is 0 Å². The van der Waals surface area contributed by atoms with E-state index < -0.39 is 0 Å². The molecule has 2 rings (SSSR count). The van der Waals surface area contributed by atoms with Crippen LogP contribution in [0.3, 0.4) is 0 Å². The summed E-state index contributed by atoms with van der Waals surface area (Å²) in [6.45, 7) is 2.63. The number of anilines is 1. The lowest BCUT2D eigenvalue weighted by Gasteiger charge is -2.13. The topological polar surface area (TPSA) is 49.3 Å². The third-order valence-corrected chi connectivity index (χ3v) is 2.90. The lowest BCUT2D eigenvalue weighted by atomic mass is 10.3. The fourth-order valence-corrected chi connectivity index (χ4v) is 1.66. The van der Waals surface area contributed by atoms with E-state index in [-0.39, 0.29) is 12.1 Å². The van der Waals surface area contributed by atoms with Gasteiger partial charge in [-0.05, 0) is 22.9 Å². The molecule has 0 bridgehead atoms. The van der Waals surface area contributed by atoms with Crippen molar-refractivity contribution >= 4 is 27.9 Å². The number of nitrogens with zero attached hydrogens (tertiary/aromatic N) is 4. The van der Waals surface area contributed by atoms with Crippen LogP contribution in [0.15, 0.2) is 16.9 Å². The van der Waals surface area contributed by atoms with Gasteiger partial charge in [0.25, 0.3) is 0 Å². The highest BCUT2D eigenvalue weighted by molar-refractivity contribution is 9.10. The van der Waals surface area contributed by atoms with Crippen molar-refractivity contribution in [1.82, 2.24) is 14.9 Å². The number of urea groups is 1. The van der Waals surface area contributed by atoms with Crippen LogP contribution in [0.1, 0.15) is 6.92 Å². The summed E-state index contributed by atoms with van der Waals surface area (Å²) in [7, 11) is 1.78. The van der Waals surface area contributed by atoms with Gasteiger partial charge in [0.05, 0.1) is 11.0 Å². The highest BCUT2D eigenvalue weighted by atomic mass is 79.9. The molecule has 1 aliphatic rings. The highest BCUT2D eigenvalue weighted by Gasteiger charge is 2.33. The van der Waals surface area contributed by atoms with Crippen molar-refractivity contribution in [2.45, 2.75) is 13.0 Å². The number of hydrogen-bond acceptors (Lipinski definition) is 3. The van der Waals surface area contributed by atoms with Crippen LogP contribution in [0.25, 0.3) is 0 Å². The second kappa shape index (κ2) is 3.77. The molecule has 15 heavy (non-hydrogen) atoms. The smallest absolute Gasteiger partial charge is 0.323 e. The van der Waals surface area contributed by atoms with Crippen LogP contribution in [0.5, 0.6) is 0 Å². The van der Waals surface area contributed by atoms with Gasteiger partial charge in [-0.25, -0.2) is 14.8 Å². The Balaban J connectivity index is 2.26. The Kier molecular flexibility index (Phi) is 2.60. The molecule has 0 aromatic carbocycles. The fraction of sp³-hybridized carbons (Fsp3) is 0.444. The van der Waals surface area contributed by atoms with Crippen molar-refractivity contribution in [1.29, 1.82) is 0 Å². The van der Waals surface area contributed by atoms with Gasteiger partial charge in [0, 0.05) is 25.5 Å². The SMILES string of the molecule is CC1CN(c2ncc(Br)cn2)C(=O)N1C. The third-order valence-electron chi connectivity index (χ3n) is 2.49. The summed E-state index contributed by atoms with van der Waals surface area (Å²) in [6.07, 6.45) is 3.28. The molecule has 6 heteroatoms. The Morgan fingerprint density at radius 3 is 2.53 bits per heavy atom. The molecule has 0 N–H and O–H groups in total. The third kappa shape index (κ3) is 1.81. The van der Waals surface area contributed by atoms with Gasteiger partial charge in [0.2, 0.25) is 5.95 Å². The van der Waals surface area contributed by atoms with E-state index in [0.29, 0.717) is 12.5 Å². The van der Waals surface area contributed by atoms with Crippen molar-refractivity contribution in [3.8, 4) is 0 Å². The first-order chi connectivity index (χ1) is 7.09. The Labute approximate surface area is 96.2 Å². The van der Waals surface area contributed by atoms with E-state index in [9.17, 15) is 4.79 Å². The van der Waals surface area contributed by atoms with Crippen LogP contribution >= 0.6 is 15.9 Å². The highest BCUT2D eigenvalue weighted by Crippen LogP contribution is 2.19. The maximum atomic E-state index is 11.8. The van der Waals surface area contributed by atoms with Crippen molar-refractivity contribution in [2.24, 2.45) is 0 Å². The molecule has 2 amide bonds. The first kappa shape index (κ1) is 10.4. The zero-order chi connectivity index (χ0) is 11.0. The zero-order valence-corrected chi connectivity index (χ0v) is 10.1. The van der Waals surface area contributed by atoms with E-state index in [0.717, 1.165) is 4.47 Å². The maximum Gasteiger partial charge on any atom is 0.326 e. The van der Waals surface area contributed by atoms with Crippen LogP contribution < -0.4 is 4.90 Å². The van der Waals surface area contributed by atoms with Crippen molar-refractivity contribution in [3.05, 3.63) is 16.9 Å². The van der Waals surface area contributed by atoms with Crippen LogP contribution in [0, 0.1) is 0 Å². The molecule has 1 saturated heterocycles. The summed E-state index contributed by atoms with van der Waals surface area (Å²) in [5, 5.41) is 0. The maximum absolute atomic E-state index is 11.8. The molecule has 5 nitrogen and oxygen atoms in total. The summed E-state index contributed by atoms with van der Waals surface area (Å²) < 4.78 is 0.805. The van der Waals surface area contributed by atoms with Gasteiger partial charge >= 0.3 is 6.03 Å². The first-order valence-corrected chi connectivity index (χ1v) is 5.41. The van der Waals surface area contributed by atoms with Gasteiger partial charge < -0.3 is 4.90 Å². The van der Waals surface area contributed by atoms with Gasteiger partial charge in [0.15, 0.2) is 0 Å². The molecule has 0 spiro atoms. The van der Waals surface area contributed by atoms with E-state index in [2.05, 4.69) is 25.9 Å². The Bertz CT molecular complexity index is 380. The number of aromatic nitrogens is 2. The molecular weight excluding hydrogens is 260 g/mol. The Hall–Kier alpha value is -1.17. The first-order valence-electron chi connectivity index (χ1n) is 4.61. The summed E-state index contributed by atoms with van der Waals surface area (Å²) in [5.41, 5.74) is 0. The quantitative estimate of drug-likeness (QED) is 0.777. The summed E-state index contributed by atoms with van der Waals surface area (Å²) in [6, 6.07) is 0.148. The van der Waals surface area contributed by atoms with Crippen LogP contribution in [-0.2, 0) is 0 Å². The van der Waals surface area contributed by atoms with Gasteiger partial charge in [-0.2, -0.15) is 0 Å². The molecule has 1 aromatic heterocycles. The summed E-state index contributed by atoms with van der Waals surface area (Å²) >= 11 is 3.25. The number of halogens is 1. The minimum Gasteiger partial charge on any atom is -0.323 e. The minimum atomic E-state index is -0.0511. The number of likely N-dealkylation sites (N-methyl/N-ethyl adjacent to an activating group) is 1. The molecule has 1 aromatic rings. The molecule has 1 atom stereocenters. The Morgan fingerprint density at radius 2 is 2.07 bits per heavy atom. The average molecular weight is 271 g/mol. The van der Waals surface area contributed by atoms with Crippen LogP contribution in [0.4, 0.5) is 10.7 Å². The van der Waals surface area contributed by atoms with Gasteiger partial charge in [-0.1, -0.05) is 0 Å². The largest absolute Gasteiger partial charge is 0.326 e. The summed E-state index contributed by atoms with van der Waals surface area (Å²) in [5.74, 6) is 0.458. The van der Waals surface area contributed by atoms with Gasteiger partial charge in [-0.3, -0.25) is 4.90 Å². The molecule has 0 aliphatic carbocycles. The van der Waals surface area contributed by atoms with E-state index in [1.54, 1.807) is 29.2 Å². The predicted molar refractivity (Wildman–Crippen MR) is 59.7 cm³/mol. The monoisotopic (exact) mass is 270 g/mol. The lowest BCUT2D eigenvalue weighted by molar-refractivity contribution is 0.221. The second-order valence-electron chi connectivity index (χ2n) is 3.55. The molecule has 1 aliphatic heterocycles. The van der Waals surface area contributed by atoms with Crippen LogP contribution in [0.2, 0.25) is 0 Å². The van der Waals surface area contributed by atoms with E-state index >= 15 is 0 Å². The average Bonchev–Trinajstić information content (AvgIpc) is 2.47. The second-order valence-corrected chi connectivity index (χ2v) is 4.47. The molecule has 1 unspecified atom stereocenters. The van der Waals surface area contributed by atoms with E-state index in [4.69, 9.17) is 0 Å². The number of rotatable bonds is 1. The summed E-state index contributed by atoms with van der Waals surface area (Å²) in [4.78, 5) is 23.2. The van der Waals surface area contributed by atoms with Gasteiger partial charge in [-0.15, -0.1) is 0 Å². The van der Waals surface area contributed by atoms with Crippen molar-refractivity contribution < 1.29 is 4.79 Å². The standard InChI is InChI=1S/C9H11BrN4O/c1-6-5-14(9(15)13(6)2)8-11-3-7(10)4-12-8/h3-4,6H,5H2,1-2H3. The molecule has 80 valence electrons. The number of carbonyl (C=O) groups excluding carboxylic acids is 1. The number of hydrogen-bond donors (Lipinski definition) is 0. The molecule has 1 fully saturated rings. The Morgan fingerprint density at radius 1 is 1.47 bits per heavy atom. The molecule has 0 saturated carbocycles. The van der Waals surface area contributed by atoms with E-state index in [1.807, 2.05) is 6.92 Å². The minimum absolute atomic E-state index is 0.0511. The molecule has 0 radical (unpaired) electrons. The normalized spacial score (nSPS) is 21.3. The lowest BCUT2D eigenvalue weighted by Crippen LogP contribution is -2.31. The zero-order valence-electron chi connectivity index (χ0n) is 8.51. The number of carbonyl (C=O) groups is 1. The van der Waals surface area contributed by atoms with Gasteiger partial charge in [0.1, 0.15) is 0 Å². The van der Waals surface area contributed by atoms with Crippen LogP contribution in [-0.4, -0.2) is 40.5 Å². The molecular formula is C9H11BrN4O.